The van der Waals surface area contributed by atoms with Gasteiger partial charge in [0.2, 0.25) is 0 Å². The Bertz CT molecular complexity index is 597. The SMILES string of the molecule is COCCN(Cc1sccc1C)C(=O)NC[C@@H](C)n1ccnc1. The average Bonchev–Trinajstić information content (AvgIpc) is 3.21. The number of amides is 2. The van der Waals surface area contributed by atoms with E-state index in [1.54, 1.807) is 35.9 Å². The maximum atomic E-state index is 12.5. The molecule has 7 heteroatoms. The lowest BCUT2D eigenvalue weighted by Gasteiger charge is -2.24. The lowest BCUT2D eigenvalue weighted by atomic mass is 10.3. The molecule has 0 aliphatic carbocycles. The molecule has 1 atom stereocenters. The Hall–Kier alpha value is -1.86. The van der Waals surface area contributed by atoms with Crippen LogP contribution < -0.4 is 5.32 Å². The molecule has 6 nitrogen and oxygen atoms in total. The van der Waals surface area contributed by atoms with Crippen molar-refractivity contribution in [3.8, 4) is 0 Å². The number of imidazole rings is 1. The zero-order chi connectivity index (χ0) is 16.7. The largest absolute Gasteiger partial charge is 0.383 e. The molecule has 1 N–H and O–H groups in total. The number of aromatic nitrogens is 2. The number of hydrogen-bond acceptors (Lipinski definition) is 4. The molecular weight excluding hydrogens is 312 g/mol. The minimum atomic E-state index is -0.0678. The number of carbonyl (C=O) groups is 1. The average molecular weight is 336 g/mol. The van der Waals surface area contributed by atoms with E-state index in [0.29, 0.717) is 26.2 Å². The second-order valence-corrected chi connectivity index (χ2v) is 6.49. The number of nitrogens with one attached hydrogen (secondary N) is 1. The van der Waals surface area contributed by atoms with Gasteiger partial charge >= 0.3 is 6.03 Å². The van der Waals surface area contributed by atoms with Gasteiger partial charge in [0.15, 0.2) is 0 Å². The Morgan fingerprint density at radius 3 is 3.00 bits per heavy atom. The maximum absolute atomic E-state index is 12.5. The molecule has 2 aromatic rings. The monoisotopic (exact) mass is 336 g/mol. The van der Waals surface area contributed by atoms with Crippen LogP contribution in [0.2, 0.25) is 0 Å². The predicted molar refractivity (Wildman–Crippen MR) is 91.7 cm³/mol. The van der Waals surface area contributed by atoms with Crippen LogP contribution in [0.15, 0.2) is 30.2 Å². The first-order chi connectivity index (χ1) is 11.1. The van der Waals surface area contributed by atoms with Crippen LogP contribution >= 0.6 is 11.3 Å². The van der Waals surface area contributed by atoms with Crippen LogP contribution in [0.25, 0.3) is 0 Å². The van der Waals surface area contributed by atoms with E-state index in [-0.39, 0.29) is 12.1 Å². The normalized spacial score (nSPS) is 12.1. The van der Waals surface area contributed by atoms with Gasteiger partial charge in [0, 0.05) is 43.5 Å². The van der Waals surface area contributed by atoms with Gasteiger partial charge in [0.25, 0.3) is 0 Å². The number of hydrogen-bond donors (Lipinski definition) is 1. The molecule has 0 spiro atoms. The number of aryl methyl sites for hydroxylation is 1. The Kier molecular flexibility index (Phi) is 6.61. The van der Waals surface area contributed by atoms with Gasteiger partial charge in [-0.1, -0.05) is 0 Å². The maximum Gasteiger partial charge on any atom is 0.317 e. The minimum absolute atomic E-state index is 0.0678. The van der Waals surface area contributed by atoms with E-state index in [1.165, 1.54) is 10.4 Å². The Morgan fingerprint density at radius 1 is 1.57 bits per heavy atom. The van der Waals surface area contributed by atoms with Crippen molar-refractivity contribution in [2.75, 3.05) is 26.8 Å². The fourth-order valence-electron chi connectivity index (χ4n) is 2.18. The highest BCUT2D eigenvalue weighted by Gasteiger charge is 2.16. The third-order valence-electron chi connectivity index (χ3n) is 3.74. The van der Waals surface area contributed by atoms with Crippen molar-refractivity contribution in [3.63, 3.8) is 0 Å². The van der Waals surface area contributed by atoms with E-state index in [9.17, 15) is 4.79 Å². The summed E-state index contributed by atoms with van der Waals surface area (Å²) in [6.45, 7) is 6.37. The first-order valence-electron chi connectivity index (χ1n) is 7.64. The number of methoxy groups -OCH3 is 1. The smallest absolute Gasteiger partial charge is 0.317 e. The lowest BCUT2D eigenvalue weighted by Crippen LogP contribution is -2.42. The fourth-order valence-corrected chi connectivity index (χ4v) is 3.10. The van der Waals surface area contributed by atoms with E-state index in [0.717, 1.165) is 0 Å². The molecule has 0 fully saturated rings. The molecule has 0 aromatic carbocycles. The van der Waals surface area contributed by atoms with Crippen LogP contribution in [-0.4, -0.2) is 47.3 Å². The van der Waals surface area contributed by atoms with E-state index < -0.39 is 0 Å². The predicted octanol–water partition coefficient (Wildman–Crippen LogP) is 2.67. The second kappa shape index (κ2) is 8.69. The highest BCUT2D eigenvalue weighted by Crippen LogP contribution is 2.18. The van der Waals surface area contributed by atoms with Gasteiger partial charge in [-0.25, -0.2) is 9.78 Å². The highest BCUT2D eigenvalue weighted by molar-refractivity contribution is 7.10. The van der Waals surface area contributed by atoms with Gasteiger partial charge in [0.05, 0.1) is 19.5 Å². The summed E-state index contributed by atoms with van der Waals surface area (Å²) >= 11 is 1.68. The van der Waals surface area contributed by atoms with Crippen LogP contribution in [0.3, 0.4) is 0 Å². The van der Waals surface area contributed by atoms with Crippen molar-refractivity contribution in [1.82, 2.24) is 19.8 Å². The number of carbonyl (C=O) groups excluding carboxylic acids is 1. The summed E-state index contributed by atoms with van der Waals surface area (Å²) in [5.74, 6) is 0. The summed E-state index contributed by atoms with van der Waals surface area (Å²) in [4.78, 5) is 19.5. The summed E-state index contributed by atoms with van der Waals surface area (Å²) in [5, 5.41) is 5.05. The Labute approximate surface area is 141 Å². The van der Waals surface area contributed by atoms with Crippen molar-refractivity contribution in [1.29, 1.82) is 0 Å². The van der Waals surface area contributed by atoms with Gasteiger partial charge < -0.3 is 19.5 Å². The molecule has 0 saturated carbocycles. The third-order valence-corrected chi connectivity index (χ3v) is 4.75. The third kappa shape index (κ3) is 5.07. The molecule has 0 aliphatic rings. The van der Waals surface area contributed by atoms with E-state index in [2.05, 4.69) is 28.7 Å². The molecule has 2 aromatic heterocycles. The molecule has 2 rings (SSSR count). The molecule has 2 amide bonds. The van der Waals surface area contributed by atoms with Gasteiger partial charge in [-0.3, -0.25) is 0 Å². The van der Waals surface area contributed by atoms with Crippen molar-refractivity contribution in [2.24, 2.45) is 0 Å². The first kappa shape index (κ1) is 17.5. The van der Waals surface area contributed by atoms with Gasteiger partial charge in [-0.05, 0) is 30.9 Å². The van der Waals surface area contributed by atoms with Crippen LogP contribution in [0.4, 0.5) is 4.79 Å². The quantitative estimate of drug-likeness (QED) is 0.806. The van der Waals surface area contributed by atoms with Gasteiger partial charge in [-0.2, -0.15) is 0 Å². The molecule has 0 saturated heterocycles. The van der Waals surface area contributed by atoms with Crippen molar-refractivity contribution in [3.05, 3.63) is 40.6 Å². The summed E-state index contributed by atoms with van der Waals surface area (Å²) in [7, 11) is 1.65. The Balaban J connectivity index is 1.92. The summed E-state index contributed by atoms with van der Waals surface area (Å²) in [6.07, 6.45) is 5.39. The number of nitrogens with zero attached hydrogens (tertiary/aromatic N) is 3. The minimum Gasteiger partial charge on any atom is -0.383 e. The Morgan fingerprint density at radius 2 is 2.39 bits per heavy atom. The summed E-state index contributed by atoms with van der Waals surface area (Å²) in [6, 6.07) is 2.17. The zero-order valence-electron chi connectivity index (χ0n) is 13.9. The molecule has 126 valence electrons. The molecule has 0 radical (unpaired) electrons. The summed E-state index contributed by atoms with van der Waals surface area (Å²) < 4.78 is 7.10. The molecule has 0 aliphatic heterocycles. The zero-order valence-corrected chi connectivity index (χ0v) is 14.7. The molecule has 0 bridgehead atoms. The molecule has 23 heavy (non-hydrogen) atoms. The van der Waals surface area contributed by atoms with Crippen LogP contribution in [0.1, 0.15) is 23.4 Å². The van der Waals surface area contributed by atoms with E-state index >= 15 is 0 Å². The molecule has 0 unspecified atom stereocenters. The molecular formula is C16H24N4O2S. The number of rotatable bonds is 8. The first-order valence-corrected chi connectivity index (χ1v) is 8.52. The lowest BCUT2D eigenvalue weighted by molar-refractivity contribution is 0.146. The number of urea groups is 1. The van der Waals surface area contributed by atoms with Crippen molar-refractivity contribution in [2.45, 2.75) is 26.4 Å². The molecule has 2 heterocycles. The van der Waals surface area contributed by atoms with E-state index in [4.69, 9.17) is 4.74 Å². The van der Waals surface area contributed by atoms with Crippen LogP contribution in [-0.2, 0) is 11.3 Å². The van der Waals surface area contributed by atoms with Gasteiger partial charge in [0.1, 0.15) is 0 Å². The summed E-state index contributed by atoms with van der Waals surface area (Å²) in [5.41, 5.74) is 1.22. The van der Waals surface area contributed by atoms with Crippen molar-refractivity contribution >= 4 is 17.4 Å². The second-order valence-electron chi connectivity index (χ2n) is 5.49. The fraction of sp³-hybridized carbons (Fsp3) is 0.500. The van der Waals surface area contributed by atoms with Crippen LogP contribution in [0, 0.1) is 6.92 Å². The van der Waals surface area contributed by atoms with Crippen molar-refractivity contribution < 1.29 is 9.53 Å². The van der Waals surface area contributed by atoms with Crippen LogP contribution in [0.5, 0.6) is 0 Å². The number of thiophene rings is 1. The standard InChI is InChI=1S/C16H24N4O2S/c1-13-4-9-23-15(13)11-19(7-8-22-3)16(21)18-10-14(2)20-6-5-17-12-20/h4-6,9,12,14H,7-8,10-11H2,1-3H3,(H,18,21)/t14-/m1/s1. The van der Waals surface area contributed by atoms with Gasteiger partial charge in [-0.15, -0.1) is 11.3 Å². The number of ether oxygens (including phenoxy) is 1. The highest BCUT2D eigenvalue weighted by atomic mass is 32.1. The van der Waals surface area contributed by atoms with E-state index in [1.807, 2.05) is 17.7 Å². The topological polar surface area (TPSA) is 59.4 Å².